The number of alkyl carbamates (subject to hydrolysis) is 1. The van der Waals surface area contributed by atoms with Crippen LogP contribution in [0.3, 0.4) is 0 Å². The fourth-order valence-corrected chi connectivity index (χ4v) is 10.2. The molecule has 17 heteroatoms. The van der Waals surface area contributed by atoms with Gasteiger partial charge in [-0.2, -0.15) is 0 Å². The van der Waals surface area contributed by atoms with Crippen LogP contribution in [-0.4, -0.2) is 121 Å². The zero-order valence-corrected chi connectivity index (χ0v) is 36.8. The molecule has 1 unspecified atom stereocenters. The molecule has 0 aromatic heterocycles. The van der Waals surface area contributed by atoms with Crippen LogP contribution in [0.2, 0.25) is 0 Å². The average molecular weight is 919 g/mol. The first kappa shape index (κ1) is 35.1. The molecule has 4 aliphatic rings. The second kappa shape index (κ2) is 18.2. The summed E-state index contributed by atoms with van der Waals surface area (Å²) in [5, 5.41) is 16.1. The van der Waals surface area contributed by atoms with Gasteiger partial charge in [-0.25, -0.2) is 14.4 Å². The number of aliphatic hydroxyl groups is 1. The molecule has 1 saturated heterocycles. The van der Waals surface area contributed by atoms with Crippen LogP contribution < -0.4 is 11.1 Å². The molecule has 1 aliphatic heterocycles. The maximum absolute atomic E-state index is 16.0. The number of rotatable bonds is 12. The largest absolute Gasteiger partial charge is 0.455 e. The van der Waals surface area contributed by atoms with Crippen LogP contribution in [0.4, 0.5) is 4.79 Å². The summed E-state index contributed by atoms with van der Waals surface area (Å²) in [5.74, 6) is -7.61. The third-order valence-corrected chi connectivity index (χ3v) is 13.4. The van der Waals surface area contributed by atoms with E-state index in [-0.39, 0.29) is 28.7 Å². The van der Waals surface area contributed by atoms with E-state index in [0.717, 1.165) is 13.8 Å². The molecule has 2 bridgehead atoms. The van der Waals surface area contributed by atoms with E-state index < -0.39 is 159 Å². The highest BCUT2D eigenvalue weighted by molar-refractivity contribution is 5.94. The molecule has 2 saturated carbocycles. The number of nitrogens with two attached hydrogens (primary N) is 1. The number of methoxy groups -OCH3 is 2. The minimum absolute atomic E-state index is 0.0500. The van der Waals surface area contributed by atoms with Crippen LogP contribution in [0, 0.1) is 16.7 Å². The van der Waals surface area contributed by atoms with Gasteiger partial charge >= 0.3 is 30.0 Å². The smallest absolute Gasteiger partial charge is 0.408 e. The maximum Gasteiger partial charge on any atom is 0.408 e. The van der Waals surface area contributed by atoms with Gasteiger partial charge in [0.05, 0.1) is 33.7 Å². The van der Waals surface area contributed by atoms with Gasteiger partial charge in [0.2, 0.25) is 6.10 Å². The van der Waals surface area contributed by atoms with E-state index in [0.29, 0.717) is 0 Å². The highest BCUT2D eigenvalue weighted by Gasteiger charge is 2.78. The summed E-state index contributed by atoms with van der Waals surface area (Å²) in [6, 6.07) is 10.6. The van der Waals surface area contributed by atoms with Crippen molar-refractivity contribution in [1.82, 2.24) is 5.32 Å². The number of carbonyl (C=O) groups excluding carboxylic acids is 6. The van der Waals surface area contributed by atoms with Crippen molar-refractivity contribution in [2.75, 3.05) is 20.8 Å². The van der Waals surface area contributed by atoms with Gasteiger partial charge in [-0.05, 0) is 70.2 Å². The molecular formula is C48H62N2O15. The molecule has 1 amide bonds. The first-order chi connectivity index (χ1) is 35.3. The quantitative estimate of drug-likeness (QED) is 0.151. The van der Waals surface area contributed by atoms with Gasteiger partial charge in [-0.1, -0.05) is 62.4 Å². The summed E-state index contributed by atoms with van der Waals surface area (Å²) >= 11 is 0. The number of hydrogen-bond donors (Lipinski definition) is 3. The van der Waals surface area contributed by atoms with E-state index in [2.05, 4.69) is 5.32 Å². The summed E-state index contributed by atoms with van der Waals surface area (Å²) in [5.41, 5.74) is -7.61. The van der Waals surface area contributed by atoms with Gasteiger partial charge in [-0.15, -0.1) is 0 Å². The molecule has 6 rings (SSSR count). The molecule has 4 N–H and O–H groups in total. The van der Waals surface area contributed by atoms with Gasteiger partial charge in [0.25, 0.3) is 0 Å². The Hall–Kier alpha value is -5.20. The molecule has 3 aliphatic carbocycles. The number of fused-ring (bicyclic) bond motifs is 5. The number of ketones is 1. The summed E-state index contributed by atoms with van der Waals surface area (Å²) < 4.78 is 144. The Morgan fingerprint density at radius 2 is 1.62 bits per heavy atom. The Morgan fingerprint density at radius 1 is 0.969 bits per heavy atom. The Balaban J connectivity index is 1.60. The standard InChI is InChI=1S/C48H62N2O15/c1-25-30(61-42(55)36(62-40(53)26(2)49)34(28-18-14-12-15-19-28)50-43(56)65-44(4,5)6)23-48(57)39(63-41(54)29-20-16-13-17-21-29)37-46(9,38(52)35(59-11)33(25)45(48,7)8)31(58-10)22-32-47(37,24-60-32)64-27(3)51/h12-21,26,30-32,34-37,39,57H,22-24,49H2,1-11H3,(H,50,56)/t26?,30-,31-,32+,34-,35+,36+,37-,39+,46+,47-,48+/m0/s1/i4D3,5D3,6D3,11D3. The molecule has 0 radical (unpaired) electrons. The van der Waals surface area contributed by atoms with Crippen LogP contribution >= 0.6 is 0 Å². The Kier molecular flexibility index (Phi) is 9.83. The molecular weight excluding hydrogens is 845 g/mol. The third-order valence-electron chi connectivity index (χ3n) is 13.4. The number of hydrogen-bond acceptors (Lipinski definition) is 16. The van der Waals surface area contributed by atoms with Crippen LogP contribution in [-0.2, 0) is 57.1 Å². The molecule has 2 aromatic rings. The fourth-order valence-electron chi connectivity index (χ4n) is 10.2. The lowest BCUT2D eigenvalue weighted by molar-refractivity contribution is -0.347. The van der Waals surface area contributed by atoms with E-state index in [9.17, 15) is 24.3 Å². The van der Waals surface area contributed by atoms with Crippen molar-refractivity contribution in [3.05, 3.63) is 82.9 Å². The van der Waals surface area contributed by atoms with Gasteiger partial charge in [-0.3, -0.25) is 14.4 Å². The molecule has 12 atom stereocenters. The lowest BCUT2D eigenvalue weighted by Gasteiger charge is -2.67. The summed E-state index contributed by atoms with van der Waals surface area (Å²) in [7, 11) is -2.13. The topological polar surface area (TPSA) is 235 Å². The maximum atomic E-state index is 16.0. The zero-order valence-electron chi connectivity index (χ0n) is 48.8. The SMILES string of the molecule is [2H]C([2H])([2H])O[C@H]1C(=O)[C@]2(C)[C@@H](OC)C[C@H]3OC[C@@]3(OC(C)=O)[C@H]2[C@@H](OC(=O)c2ccccc2)[C@]2(O)C[C@H](OC(=O)[C@H](OC(=O)C(C)N)[C@@H](NC(=O)OC(C([2H])([2H])[2H])(C([2H])([2H])[2H])C([2H])([2H])[2H])c3ccccc3)C(C)=C1C2(C)C. The first-order valence-corrected chi connectivity index (χ1v) is 20.7. The van der Waals surface area contributed by atoms with Crippen LogP contribution in [0.15, 0.2) is 71.8 Å². The van der Waals surface area contributed by atoms with Crippen LogP contribution in [0.5, 0.6) is 0 Å². The monoisotopic (exact) mass is 918 g/mol. The molecule has 17 nitrogen and oxygen atoms in total. The molecule has 1 heterocycles. The van der Waals surface area contributed by atoms with Gasteiger partial charge in [0, 0.05) is 51.7 Å². The third kappa shape index (κ3) is 8.80. The van der Waals surface area contributed by atoms with Crippen molar-refractivity contribution >= 4 is 35.8 Å². The number of nitrogens with one attached hydrogen (secondary N) is 1. The molecule has 2 aromatic carbocycles. The lowest BCUT2D eigenvalue weighted by atomic mass is 9.44. The molecule has 65 heavy (non-hydrogen) atoms. The van der Waals surface area contributed by atoms with Crippen molar-refractivity contribution in [2.24, 2.45) is 22.5 Å². The number of ether oxygens (including phenoxy) is 8. The molecule has 3 fully saturated rings. The normalized spacial score (nSPS) is 35.2. The van der Waals surface area contributed by atoms with Crippen LogP contribution in [0.25, 0.3) is 0 Å². The van der Waals surface area contributed by atoms with Gasteiger partial charge in [0.15, 0.2) is 11.4 Å². The fraction of sp³-hybridized carbons (Fsp3) is 0.583. The van der Waals surface area contributed by atoms with Crippen molar-refractivity contribution < 1.29 is 88.2 Å². The Morgan fingerprint density at radius 3 is 2.17 bits per heavy atom. The van der Waals surface area contributed by atoms with Crippen molar-refractivity contribution in [3.63, 3.8) is 0 Å². The van der Waals surface area contributed by atoms with Gasteiger partial charge in [0.1, 0.15) is 47.7 Å². The molecule has 0 spiro atoms. The van der Waals surface area contributed by atoms with E-state index in [1.807, 2.05) is 0 Å². The van der Waals surface area contributed by atoms with Gasteiger partial charge < -0.3 is 54.1 Å². The Bertz CT molecular complexity index is 2590. The second-order valence-corrected chi connectivity index (χ2v) is 17.6. The number of carbonyl (C=O) groups is 6. The minimum atomic E-state index is -4.19. The highest BCUT2D eigenvalue weighted by Crippen LogP contribution is 2.64. The van der Waals surface area contributed by atoms with Crippen molar-refractivity contribution in [1.29, 1.82) is 0 Å². The van der Waals surface area contributed by atoms with E-state index in [4.69, 9.17) is 60.1 Å². The molecule has 354 valence electrons. The number of benzene rings is 2. The predicted molar refractivity (Wildman–Crippen MR) is 231 cm³/mol. The van der Waals surface area contributed by atoms with Crippen LogP contribution in [0.1, 0.15) is 113 Å². The van der Waals surface area contributed by atoms with E-state index in [1.165, 1.54) is 89.4 Å². The van der Waals surface area contributed by atoms with Crippen molar-refractivity contribution in [2.45, 2.75) is 140 Å². The number of Topliss-reactive ketones (excluding diaryl/α,β-unsaturated/α-hetero) is 1. The Labute approximate surface area is 395 Å². The first-order valence-electron chi connectivity index (χ1n) is 26.7. The summed E-state index contributed by atoms with van der Waals surface area (Å²) in [6.07, 6.45) is -13.9. The highest BCUT2D eigenvalue weighted by atomic mass is 16.6. The summed E-state index contributed by atoms with van der Waals surface area (Å²) in [4.78, 5) is 86.5. The van der Waals surface area contributed by atoms with E-state index >= 15 is 9.59 Å². The van der Waals surface area contributed by atoms with E-state index in [1.54, 1.807) is 6.07 Å². The minimum Gasteiger partial charge on any atom is -0.455 e. The van der Waals surface area contributed by atoms with Crippen molar-refractivity contribution in [3.8, 4) is 0 Å². The number of esters is 4. The average Bonchev–Trinajstić information content (AvgIpc) is 3.30. The lowest BCUT2D eigenvalue weighted by Crippen LogP contribution is -2.82. The second-order valence-electron chi connectivity index (χ2n) is 17.6. The predicted octanol–water partition coefficient (Wildman–Crippen LogP) is 4.47. The number of amides is 1. The summed E-state index contributed by atoms with van der Waals surface area (Å²) in [6.45, 7) is -4.88. The zero-order chi connectivity index (χ0) is 58.0.